The lowest BCUT2D eigenvalue weighted by Crippen LogP contribution is -2.16. The summed E-state index contributed by atoms with van der Waals surface area (Å²) in [5.74, 6) is -2.07. The number of alkyl halides is 6. The Balaban J connectivity index is 0.000000227. The van der Waals surface area contributed by atoms with Crippen LogP contribution in [0.1, 0.15) is 177 Å². The zero-order chi connectivity index (χ0) is 125. The molecule has 0 amide bonds. The normalized spacial score (nSPS) is 22.0. The summed E-state index contributed by atoms with van der Waals surface area (Å²) in [4.78, 5) is -1.07. The van der Waals surface area contributed by atoms with Crippen molar-refractivity contribution in [1.29, 1.82) is 0 Å². The summed E-state index contributed by atoms with van der Waals surface area (Å²) in [5.41, 5.74) is -1.05. The Morgan fingerprint density at radius 3 is 1.26 bits per heavy atom. The average Bonchev–Trinajstić information content (AvgIpc) is 1.37. The summed E-state index contributed by atoms with van der Waals surface area (Å²) in [6.07, 6.45) is -25.7. The first-order valence-electron chi connectivity index (χ1n) is 59.2. The molecule has 3 aromatic heterocycles. The van der Waals surface area contributed by atoms with E-state index in [-0.39, 0.29) is 69.6 Å². The molecule has 10 nitrogen and oxygen atoms in total. The lowest BCUT2D eigenvalue weighted by Gasteiger charge is -2.20. The smallest absolute Gasteiger partial charge is 0.416 e. The molecule has 10 aromatic carbocycles. The van der Waals surface area contributed by atoms with Crippen molar-refractivity contribution in [2.75, 3.05) is 67.5 Å². The number of rotatable bonds is 30. The fraction of sp³-hybridized carbons (Fsp3) is 0.250. The van der Waals surface area contributed by atoms with Gasteiger partial charge in [-0.25, -0.2) is 0 Å². The molecule has 0 bridgehead atoms. The Bertz CT molecular complexity index is 7630. The maximum absolute atomic E-state index is 12.7. The molecule has 107 heavy (non-hydrogen) atoms. The SMILES string of the molecule is [2H]C([2H])([2H])NCCC(Oc1ccc(C(F)(F)F)cc1)c1ccccc1.[2H]c1c([2H])c([2H])c(C(CCNC([2H])([2H])[2H])Oc2ccc(C(F)(F)F)cc2)c([2H])c1[2H].[2H]c1c([2H])c([2H])c2c(OC(c3cccs3)C([2H])([2H])C([2H])([2H])NC([2H])([2H])[2H])c([2H])c([2H])c([2H])c2c1[2H].[2H]c1sc(C([2H])(CCNC([2H])([2H])[2H])Oc2c([2H])c([2H])c([2H])c3c([2H])c([2H])c([2H])c([2H])c23)c([2H])c1[2H].[2H]c1sc(C([2H])(Oc2c([2H])c([2H])c([2H])c3c([2H])c([2H])c([2H])c([2H])c23)C([2H])([2H])C([2H])([2H])NC([2H])([2H])[2H])c([2H])c1[2H]. The number of benzene rings is 10. The Kier molecular flexibility index (Phi) is 13.9. The van der Waals surface area contributed by atoms with Crippen LogP contribution in [0.2, 0.25) is 0 Å². The number of hydrogen-bond acceptors (Lipinski definition) is 13. The molecule has 5 N–H and O–H groups in total. The molecule has 0 aliphatic rings. The summed E-state index contributed by atoms with van der Waals surface area (Å²) < 4.78 is 556. The van der Waals surface area contributed by atoms with Crippen molar-refractivity contribution in [3.8, 4) is 28.7 Å². The van der Waals surface area contributed by atoms with Gasteiger partial charge in [-0.3, -0.25) is 0 Å². The van der Waals surface area contributed by atoms with Gasteiger partial charge in [0.2, 0.25) is 0 Å². The van der Waals surface area contributed by atoms with Crippen molar-refractivity contribution in [3.05, 3.63) is 325 Å². The maximum atomic E-state index is 12.7. The fourth-order valence-corrected chi connectivity index (χ4v) is 10.4. The quantitative estimate of drug-likeness (QED) is 0.0280. The molecule has 0 spiro atoms. The van der Waals surface area contributed by atoms with E-state index in [2.05, 4.69) is 16.0 Å². The van der Waals surface area contributed by atoms with Crippen LogP contribution in [0.5, 0.6) is 28.7 Å². The van der Waals surface area contributed by atoms with Crippen LogP contribution < -0.4 is 50.3 Å². The Morgan fingerprint density at radius 1 is 0.374 bits per heavy atom. The highest BCUT2D eigenvalue weighted by molar-refractivity contribution is 7.10. The third-order valence-electron chi connectivity index (χ3n) is 13.5. The molecule has 19 heteroatoms. The number of thiophene rings is 3. The zero-order valence-corrected chi connectivity index (χ0v) is 57.2. The summed E-state index contributed by atoms with van der Waals surface area (Å²) in [5, 5.41) is 7.40. The van der Waals surface area contributed by atoms with Gasteiger partial charge in [-0.2, -0.15) is 26.3 Å². The average molecular weight is 1570 g/mol. The monoisotopic (exact) mass is 1570 g/mol. The lowest BCUT2D eigenvalue weighted by molar-refractivity contribution is -0.138. The molecule has 3 heterocycles. The molecule has 0 fully saturated rings. The predicted molar refractivity (Wildman–Crippen MR) is 430 cm³/mol. The van der Waals surface area contributed by atoms with Gasteiger partial charge < -0.3 is 50.3 Å². The Morgan fingerprint density at radius 2 is 0.804 bits per heavy atom. The van der Waals surface area contributed by atoms with Crippen LogP contribution in [0.25, 0.3) is 32.3 Å². The van der Waals surface area contributed by atoms with Gasteiger partial charge in [0.1, 0.15) is 59.2 Å². The molecule has 0 saturated heterocycles. The topological polar surface area (TPSA) is 106 Å². The van der Waals surface area contributed by atoms with E-state index in [1.165, 1.54) is 35.0 Å². The van der Waals surface area contributed by atoms with Gasteiger partial charge in [-0.1, -0.05) is 187 Å². The van der Waals surface area contributed by atoms with Gasteiger partial charge >= 0.3 is 12.4 Å². The van der Waals surface area contributed by atoms with Gasteiger partial charge in [0, 0.05) is 94.3 Å². The third kappa shape index (κ3) is 25.9. The van der Waals surface area contributed by atoms with Gasteiger partial charge in [-0.05, 0) is 196 Å². The first-order chi connectivity index (χ1) is 74.8. The first-order valence-corrected chi connectivity index (χ1v) is 33.2. The van der Waals surface area contributed by atoms with E-state index in [9.17, 15) is 26.3 Å². The van der Waals surface area contributed by atoms with Crippen molar-refractivity contribution in [2.45, 2.75) is 74.8 Å². The van der Waals surface area contributed by atoms with Crippen LogP contribution in [-0.4, -0.2) is 67.5 Å². The van der Waals surface area contributed by atoms with E-state index in [0.717, 1.165) is 53.3 Å². The highest BCUT2D eigenvalue weighted by Crippen LogP contribution is 2.38. The Hall–Kier alpha value is -9.54. The van der Waals surface area contributed by atoms with Crippen LogP contribution in [0.3, 0.4) is 0 Å². The molecule has 13 rings (SSSR count). The molecule has 13 aromatic rings. The molecule has 5 atom stereocenters. The van der Waals surface area contributed by atoms with Crippen LogP contribution in [0.4, 0.5) is 26.3 Å². The minimum absolute atomic E-state index is 0.0336. The first kappa shape index (κ1) is 34.4. The lowest BCUT2D eigenvalue weighted by atomic mass is 10.1. The second kappa shape index (κ2) is 43.3. The summed E-state index contributed by atoms with van der Waals surface area (Å²) >= 11 is 1.69. The highest BCUT2D eigenvalue weighted by Gasteiger charge is 2.31. The predicted octanol–water partition coefficient (Wildman–Crippen LogP) is 22.8. The van der Waals surface area contributed by atoms with E-state index >= 15 is 0 Å². The molecule has 5 unspecified atom stereocenters. The minimum atomic E-state index is -4.55. The van der Waals surface area contributed by atoms with Crippen molar-refractivity contribution in [3.63, 3.8) is 0 Å². The third-order valence-corrected chi connectivity index (χ3v) is 15.8. The van der Waals surface area contributed by atoms with Crippen molar-refractivity contribution < 1.29 is 128 Å². The van der Waals surface area contributed by atoms with E-state index in [4.69, 9.17) is 102 Å². The van der Waals surface area contributed by atoms with Crippen LogP contribution in [0.15, 0.2) is 288 Å². The number of nitrogens with one attached hydrogen (secondary N) is 5. The Labute approximate surface area is 716 Å². The van der Waals surface area contributed by atoms with E-state index in [0.29, 0.717) is 17.8 Å². The van der Waals surface area contributed by atoms with Gasteiger partial charge in [0.15, 0.2) is 0 Å². The number of fused-ring (bicyclic) bond motifs is 3. The molecule has 0 aliphatic carbocycles. The van der Waals surface area contributed by atoms with Gasteiger partial charge in [0.05, 0.1) is 57.7 Å². The van der Waals surface area contributed by atoms with Crippen LogP contribution in [0, 0.1) is 0 Å². The minimum Gasteiger partial charge on any atom is -0.486 e. The number of ether oxygens (including phenoxy) is 5. The van der Waals surface area contributed by atoms with Gasteiger partial charge in [-0.15, -0.1) is 34.0 Å². The summed E-state index contributed by atoms with van der Waals surface area (Å²) in [6.45, 7) is -20.9. The van der Waals surface area contributed by atoms with E-state index in [1.807, 2.05) is 30.3 Å². The molecule has 0 radical (unpaired) electrons. The highest BCUT2D eigenvalue weighted by atomic mass is 32.1. The molecule has 0 saturated carbocycles. The molecular formula is C88H93F6N5O5S3. The summed E-state index contributed by atoms with van der Waals surface area (Å²) in [7, 11) is 0. The summed E-state index contributed by atoms with van der Waals surface area (Å²) in [6, 6.07) is -1.39. The zero-order valence-electron chi connectivity index (χ0n) is 112. The van der Waals surface area contributed by atoms with E-state index in [1.54, 1.807) is 5.32 Å². The van der Waals surface area contributed by atoms with Gasteiger partial charge in [0.25, 0.3) is 0 Å². The fourth-order valence-electron chi connectivity index (χ4n) is 8.68. The van der Waals surface area contributed by atoms with Crippen molar-refractivity contribution >= 4 is 66.3 Å². The standard InChI is InChI=1S/3C18H19NOS.2C17H18F3NO/c3*1-19-12-11-17(18-10-5-13-21-18)20-16-9-4-7-14-6-2-3-8-15(14)16;2*1-21-12-11-16(13-5-3-2-4-6-13)22-15-9-7-14(8-10-15)17(18,19)20/h3*2-10,13,17,19H,11-12H2,1H3;2*2-10,16,21H,11-12H2,1H3/i1D3,2D,3D,4D,5D,6D,7D,8D,9D,10D,11D2,12D2,13D,17D;1D3,2D,3D,4D,5D,6D,7D,8D,9D,10D,13D,17D;1D3,2D,3D,4D,6D,7D,8D,9D,11D2,12D2;1D3,2D,3D,4D,5D,6D;1D3. The second-order valence-electron chi connectivity index (χ2n) is 20.5. The largest absolute Gasteiger partial charge is 0.486 e. The van der Waals surface area contributed by atoms with Crippen LogP contribution >= 0.6 is 34.0 Å². The molecular weight excluding hydrogens is 1420 g/mol. The molecule has 0 aliphatic heterocycles. The number of hydrogen-bond donors (Lipinski definition) is 5. The van der Waals surface area contributed by atoms with E-state index < -0.39 is 362 Å². The number of halogens is 6. The van der Waals surface area contributed by atoms with Crippen molar-refractivity contribution in [1.82, 2.24) is 26.6 Å². The van der Waals surface area contributed by atoms with Crippen LogP contribution in [-0.2, 0) is 12.4 Å². The van der Waals surface area contributed by atoms with Crippen molar-refractivity contribution in [2.24, 2.45) is 0 Å². The maximum Gasteiger partial charge on any atom is 0.416 e. The second-order valence-corrected chi connectivity index (χ2v) is 23.1. The molecule has 560 valence electrons.